The van der Waals surface area contributed by atoms with Crippen molar-refractivity contribution >= 4 is 11.6 Å². The molecule has 0 bridgehead atoms. The molecule has 0 fully saturated rings. The molecular weight excluding hydrogens is 325 g/mol. The second kappa shape index (κ2) is 6.39. The Bertz CT molecular complexity index is 747. The monoisotopic (exact) mass is 344 g/mol. The quantitative estimate of drug-likeness (QED) is 0.865. The van der Waals surface area contributed by atoms with Crippen LogP contribution < -0.4 is 5.32 Å². The van der Waals surface area contributed by atoms with E-state index in [4.69, 9.17) is 4.74 Å². The lowest BCUT2D eigenvalue weighted by atomic mass is 9.91. The minimum absolute atomic E-state index is 0.0216. The van der Waals surface area contributed by atoms with Crippen LogP contribution in [0.4, 0.5) is 13.2 Å². The van der Waals surface area contributed by atoms with E-state index in [0.717, 1.165) is 6.07 Å². The number of methoxy groups -OCH3 is 1. The van der Waals surface area contributed by atoms with E-state index >= 15 is 0 Å². The highest BCUT2D eigenvalue weighted by molar-refractivity contribution is 5.93. The van der Waals surface area contributed by atoms with Gasteiger partial charge in [-0.1, -0.05) is 20.8 Å². The molecule has 0 spiro atoms. The number of nitrogens with zero attached hydrogens (tertiary/aromatic N) is 3. The number of aromatic nitrogens is 3. The highest BCUT2D eigenvalue weighted by Crippen LogP contribution is 2.32. The van der Waals surface area contributed by atoms with Crippen molar-refractivity contribution in [2.45, 2.75) is 32.4 Å². The summed E-state index contributed by atoms with van der Waals surface area (Å²) in [5.41, 5.74) is -1.42. The average Bonchev–Trinajstić information content (AvgIpc) is 2.88. The first-order valence-corrected chi connectivity index (χ1v) is 7.29. The fourth-order valence-corrected chi connectivity index (χ4v) is 2.03. The molecular formula is C15H19F3N4O2. The van der Waals surface area contributed by atoms with Gasteiger partial charge in [0, 0.05) is 25.1 Å². The molecule has 2 rings (SSSR count). The van der Waals surface area contributed by atoms with Gasteiger partial charge >= 0.3 is 6.18 Å². The molecule has 0 aliphatic rings. The number of carbonyl (C=O) groups excluding carboxylic acids is 1. The summed E-state index contributed by atoms with van der Waals surface area (Å²) in [5.74, 6) is -0.581. The zero-order chi connectivity index (χ0) is 18.1. The Kier molecular flexibility index (Phi) is 4.84. The zero-order valence-corrected chi connectivity index (χ0v) is 13.9. The fourth-order valence-electron chi connectivity index (χ4n) is 2.03. The summed E-state index contributed by atoms with van der Waals surface area (Å²) in [7, 11) is 1.48. The molecule has 0 atom stereocenters. The Morgan fingerprint density at radius 3 is 2.50 bits per heavy atom. The van der Waals surface area contributed by atoms with Crippen LogP contribution in [0.5, 0.6) is 0 Å². The van der Waals surface area contributed by atoms with Crippen molar-refractivity contribution in [2.75, 3.05) is 20.3 Å². The number of halogens is 3. The largest absolute Gasteiger partial charge is 0.433 e. The summed E-state index contributed by atoms with van der Waals surface area (Å²) in [6.07, 6.45) is -4.61. The molecule has 6 nitrogen and oxygen atoms in total. The number of fused-ring (bicyclic) bond motifs is 1. The first-order chi connectivity index (χ1) is 11.0. The fraction of sp³-hybridized carbons (Fsp3) is 0.533. The minimum Gasteiger partial charge on any atom is -0.383 e. The molecule has 9 heteroatoms. The Balaban J connectivity index is 2.52. The van der Waals surface area contributed by atoms with Crippen molar-refractivity contribution in [2.24, 2.45) is 0 Å². The van der Waals surface area contributed by atoms with Gasteiger partial charge in [-0.05, 0) is 6.07 Å². The highest BCUT2D eigenvalue weighted by atomic mass is 19.4. The Hall–Kier alpha value is -2.16. The average molecular weight is 344 g/mol. The van der Waals surface area contributed by atoms with Gasteiger partial charge in [0.05, 0.1) is 12.3 Å². The second-order valence-electron chi connectivity index (χ2n) is 6.32. The number of rotatable bonds is 4. The summed E-state index contributed by atoms with van der Waals surface area (Å²) in [4.78, 5) is 16.2. The first-order valence-electron chi connectivity index (χ1n) is 7.29. The molecule has 0 aliphatic carbocycles. The maximum atomic E-state index is 13.3. The van der Waals surface area contributed by atoms with E-state index in [1.165, 1.54) is 13.2 Å². The highest BCUT2D eigenvalue weighted by Gasteiger charge is 2.36. The van der Waals surface area contributed by atoms with Crippen molar-refractivity contribution in [3.05, 3.63) is 29.2 Å². The minimum atomic E-state index is -4.61. The standard InChI is InChI=1S/C15H19F3N4O2/c1-14(2,3)10-8-11(15(16,17)18)22-12(20-10)7-9(21-22)13(23)19-5-6-24-4/h7-8H,5-6H2,1-4H3,(H,19,23). The smallest absolute Gasteiger partial charge is 0.383 e. The van der Waals surface area contributed by atoms with Gasteiger partial charge in [0.1, 0.15) is 5.69 Å². The molecule has 24 heavy (non-hydrogen) atoms. The number of alkyl halides is 3. The van der Waals surface area contributed by atoms with E-state index in [1.807, 2.05) is 0 Å². The number of hydrogen-bond donors (Lipinski definition) is 1. The number of ether oxygens (including phenoxy) is 1. The molecule has 2 aromatic rings. The van der Waals surface area contributed by atoms with Crippen molar-refractivity contribution in [3.63, 3.8) is 0 Å². The van der Waals surface area contributed by atoms with Crippen LogP contribution in [-0.4, -0.2) is 40.8 Å². The van der Waals surface area contributed by atoms with Gasteiger partial charge in [-0.15, -0.1) is 0 Å². The van der Waals surface area contributed by atoms with Crippen LogP contribution in [0.1, 0.15) is 42.6 Å². The predicted molar refractivity (Wildman–Crippen MR) is 80.9 cm³/mol. The van der Waals surface area contributed by atoms with Gasteiger partial charge in [-0.25, -0.2) is 9.50 Å². The summed E-state index contributed by atoms with van der Waals surface area (Å²) >= 11 is 0. The van der Waals surface area contributed by atoms with Crippen LogP contribution >= 0.6 is 0 Å². The van der Waals surface area contributed by atoms with Gasteiger partial charge in [-0.2, -0.15) is 18.3 Å². The summed E-state index contributed by atoms with van der Waals surface area (Å²) in [6.45, 7) is 5.82. The second-order valence-corrected chi connectivity index (χ2v) is 6.32. The molecule has 0 radical (unpaired) electrons. The number of hydrogen-bond acceptors (Lipinski definition) is 4. The zero-order valence-electron chi connectivity index (χ0n) is 13.9. The first kappa shape index (κ1) is 18.2. The van der Waals surface area contributed by atoms with Crippen molar-refractivity contribution < 1.29 is 22.7 Å². The maximum Gasteiger partial charge on any atom is 0.433 e. The molecule has 2 aromatic heterocycles. The van der Waals surface area contributed by atoms with Gasteiger partial charge in [0.25, 0.3) is 5.91 Å². The lowest BCUT2D eigenvalue weighted by Gasteiger charge is -2.19. The predicted octanol–water partition coefficient (Wildman–Crippen LogP) is 2.42. The molecule has 1 N–H and O–H groups in total. The van der Waals surface area contributed by atoms with Gasteiger partial charge < -0.3 is 10.1 Å². The number of nitrogens with one attached hydrogen (secondary N) is 1. The number of amides is 1. The van der Waals surface area contributed by atoms with Crippen LogP contribution in [0.2, 0.25) is 0 Å². The van der Waals surface area contributed by atoms with Crippen LogP contribution in [0.3, 0.4) is 0 Å². The normalized spacial score (nSPS) is 12.6. The van der Waals surface area contributed by atoms with E-state index in [1.54, 1.807) is 20.8 Å². The molecule has 0 aliphatic heterocycles. The molecule has 2 heterocycles. The summed E-state index contributed by atoms with van der Waals surface area (Å²) in [5, 5.41) is 6.28. The van der Waals surface area contributed by atoms with Gasteiger partial charge in [0.2, 0.25) is 0 Å². The molecule has 132 valence electrons. The summed E-state index contributed by atoms with van der Waals surface area (Å²) < 4.78 is 45.5. The molecule has 1 amide bonds. The Morgan fingerprint density at radius 2 is 1.96 bits per heavy atom. The van der Waals surface area contributed by atoms with Crippen LogP contribution in [0.15, 0.2) is 12.1 Å². The SMILES string of the molecule is COCCNC(=O)c1cc2nc(C(C)(C)C)cc(C(F)(F)F)n2n1. The van der Waals surface area contributed by atoms with E-state index in [2.05, 4.69) is 15.4 Å². The maximum absolute atomic E-state index is 13.3. The Morgan fingerprint density at radius 1 is 1.29 bits per heavy atom. The third-order valence-corrected chi connectivity index (χ3v) is 3.31. The van der Waals surface area contributed by atoms with Gasteiger partial charge in [-0.3, -0.25) is 4.79 Å². The Labute approximate surface area is 137 Å². The van der Waals surface area contributed by atoms with E-state index in [-0.39, 0.29) is 23.6 Å². The molecule has 0 saturated heterocycles. The topological polar surface area (TPSA) is 68.5 Å². The van der Waals surface area contributed by atoms with E-state index < -0.39 is 23.2 Å². The third-order valence-electron chi connectivity index (χ3n) is 3.31. The number of carbonyl (C=O) groups is 1. The van der Waals surface area contributed by atoms with Crippen molar-refractivity contribution in [1.29, 1.82) is 0 Å². The molecule has 0 saturated carbocycles. The van der Waals surface area contributed by atoms with Gasteiger partial charge in [0.15, 0.2) is 11.3 Å². The van der Waals surface area contributed by atoms with Crippen LogP contribution in [0, 0.1) is 0 Å². The third kappa shape index (κ3) is 3.84. The van der Waals surface area contributed by atoms with Crippen LogP contribution in [-0.2, 0) is 16.3 Å². The lowest BCUT2D eigenvalue weighted by molar-refractivity contribution is -0.142. The summed E-state index contributed by atoms with van der Waals surface area (Å²) in [6, 6.07) is 2.21. The lowest BCUT2D eigenvalue weighted by Crippen LogP contribution is -2.27. The van der Waals surface area contributed by atoms with Crippen LogP contribution in [0.25, 0.3) is 5.65 Å². The van der Waals surface area contributed by atoms with Crippen molar-refractivity contribution in [1.82, 2.24) is 19.9 Å². The van der Waals surface area contributed by atoms with E-state index in [9.17, 15) is 18.0 Å². The molecule has 0 unspecified atom stereocenters. The van der Waals surface area contributed by atoms with E-state index in [0.29, 0.717) is 11.1 Å². The van der Waals surface area contributed by atoms with Crippen molar-refractivity contribution in [3.8, 4) is 0 Å². The molecule has 0 aromatic carbocycles.